The fraction of sp³-hybridized carbons (Fsp3) is 0.158. The minimum atomic E-state index is -3.89. The van der Waals surface area contributed by atoms with E-state index in [-0.39, 0.29) is 17.2 Å². The van der Waals surface area contributed by atoms with E-state index in [1.54, 1.807) is 36.4 Å². The summed E-state index contributed by atoms with van der Waals surface area (Å²) < 4.78 is 39.5. The Bertz CT molecular complexity index is 983. The molecule has 3 aromatic rings. The van der Waals surface area contributed by atoms with Gasteiger partial charge in [-0.3, -0.25) is 4.31 Å². The Morgan fingerprint density at radius 1 is 1.12 bits per heavy atom. The molecule has 0 bridgehead atoms. The standard InChI is InChI=1S/C19H18BrNO4S/c1-14-5-8-16(9-6-14)21(13-17-4-3-11-25-17)26(22,23)19-12-15(20)7-10-18(19)24-2/h3-12H,13H2,1-2H3. The highest BCUT2D eigenvalue weighted by atomic mass is 79.9. The molecule has 1 aromatic heterocycles. The number of furan rings is 1. The lowest BCUT2D eigenvalue weighted by Crippen LogP contribution is -2.30. The summed E-state index contributed by atoms with van der Waals surface area (Å²) in [6, 6.07) is 15.7. The zero-order chi connectivity index (χ0) is 18.7. The van der Waals surface area contributed by atoms with Gasteiger partial charge in [0.15, 0.2) is 0 Å². The Morgan fingerprint density at radius 3 is 2.46 bits per heavy atom. The van der Waals surface area contributed by atoms with Crippen LogP contribution >= 0.6 is 15.9 Å². The molecule has 26 heavy (non-hydrogen) atoms. The molecular weight excluding hydrogens is 418 g/mol. The topological polar surface area (TPSA) is 59.8 Å². The molecule has 3 rings (SSSR count). The zero-order valence-corrected chi connectivity index (χ0v) is 16.7. The zero-order valence-electron chi connectivity index (χ0n) is 14.3. The molecular formula is C19H18BrNO4S. The third kappa shape index (κ3) is 3.78. The number of anilines is 1. The number of sulfonamides is 1. The molecule has 0 atom stereocenters. The van der Waals surface area contributed by atoms with Gasteiger partial charge in [0.25, 0.3) is 10.0 Å². The van der Waals surface area contributed by atoms with E-state index in [0.717, 1.165) is 5.56 Å². The Hall–Kier alpha value is -2.25. The summed E-state index contributed by atoms with van der Waals surface area (Å²) in [4.78, 5) is 0.0847. The summed E-state index contributed by atoms with van der Waals surface area (Å²) in [6.07, 6.45) is 1.52. The Balaban J connectivity index is 2.13. The van der Waals surface area contributed by atoms with Gasteiger partial charge in [0.1, 0.15) is 16.4 Å². The summed E-state index contributed by atoms with van der Waals surface area (Å²) in [5, 5.41) is 0. The number of nitrogens with zero attached hydrogens (tertiary/aromatic N) is 1. The number of hydrogen-bond donors (Lipinski definition) is 0. The molecule has 0 N–H and O–H groups in total. The second-order valence-corrected chi connectivity index (χ2v) is 8.47. The first-order chi connectivity index (χ1) is 12.4. The van der Waals surface area contributed by atoms with Gasteiger partial charge in [-0.2, -0.15) is 0 Å². The van der Waals surface area contributed by atoms with Gasteiger partial charge in [-0.1, -0.05) is 33.6 Å². The summed E-state index contributed by atoms with van der Waals surface area (Å²) >= 11 is 3.34. The van der Waals surface area contributed by atoms with Gasteiger partial charge in [-0.25, -0.2) is 8.42 Å². The highest BCUT2D eigenvalue weighted by Gasteiger charge is 2.29. The van der Waals surface area contributed by atoms with Gasteiger partial charge >= 0.3 is 0 Å². The van der Waals surface area contributed by atoms with Crippen LogP contribution in [0.25, 0.3) is 0 Å². The van der Waals surface area contributed by atoms with E-state index in [4.69, 9.17) is 9.15 Å². The fourth-order valence-electron chi connectivity index (χ4n) is 2.54. The van der Waals surface area contributed by atoms with Crippen LogP contribution in [0.1, 0.15) is 11.3 Å². The second-order valence-electron chi connectivity index (χ2n) is 5.72. The van der Waals surface area contributed by atoms with Crippen molar-refractivity contribution >= 4 is 31.6 Å². The SMILES string of the molecule is COc1ccc(Br)cc1S(=O)(=O)N(Cc1ccco1)c1ccc(C)cc1. The maximum Gasteiger partial charge on any atom is 0.268 e. The van der Waals surface area contributed by atoms with E-state index in [1.165, 1.54) is 23.7 Å². The average molecular weight is 436 g/mol. The van der Waals surface area contributed by atoms with Crippen molar-refractivity contribution in [3.05, 3.63) is 76.7 Å². The minimum Gasteiger partial charge on any atom is -0.495 e. The van der Waals surface area contributed by atoms with Crippen molar-refractivity contribution in [2.24, 2.45) is 0 Å². The van der Waals surface area contributed by atoms with Crippen molar-refractivity contribution in [1.29, 1.82) is 0 Å². The number of rotatable bonds is 6. The molecule has 2 aromatic carbocycles. The van der Waals surface area contributed by atoms with Crippen molar-refractivity contribution in [3.63, 3.8) is 0 Å². The smallest absolute Gasteiger partial charge is 0.268 e. The van der Waals surface area contributed by atoms with Crippen LogP contribution in [0.4, 0.5) is 5.69 Å². The lowest BCUT2D eigenvalue weighted by Gasteiger charge is -2.25. The average Bonchev–Trinajstić information content (AvgIpc) is 3.14. The summed E-state index contributed by atoms with van der Waals surface area (Å²) in [7, 11) is -2.44. The molecule has 0 aliphatic carbocycles. The first kappa shape index (κ1) is 18.5. The highest BCUT2D eigenvalue weighted by Crippen LogP contribution is 2.33. The van der Waals surface area contributed by atoms with E-state index in [0.29, 0.717) is 15.9 Å². The maximum absolute atomic E-state index is 13.5. The van der Waals surface area contributed by atoms with Crippen molar-refractivity contribution in [2.45, 2.75) is 18.4 Å². The lowest BCUT2D eigenvalue weighted by molar-refractivity contribution is 0.402. The van der Waals surface area contributed by atoms with Crippen molar-refractivity contribution in [3.8, 4) is 5.75 Å². The third-order valence-corrected chi connectivity index (χ3v) is 6.18. The van der Waals surface area contributed by atoms with E-state index >= 15 is 0 Å². The van der Waals surface area contributed by atoms with Gasteiger partial charge < -0.3 is 9.15 Å². The first-order valence-electron chi connectivity index (χ1n) is 7.87. The van der Waals surface area contributed by atoms with Gasteiger partial charge in [0, 0.05) is 4.47 Å². The quantitative estimate of drug-likeness (QED) is 0.560. The van der Waals surface area contributed by atoms with Crippen LogP contribution in [-0.2, 0) is 16.6 Å². The van der Waals surface area contributed by atoms with Crippen LogP contribution in [0.2, 0.25) is 0 Å². The molecule has 0 saturated heterocycles. The van der Waals surface area contributed by atoms with Crippen LogP contribution in [0, 0.1) is 6.92 Å². The van der Waals surface area contributed by atoms with Crippen LogP contribution in [0.5, 0.6) is 5.75 Å². The van der Waals surface area contributed by atoms with Gasteiger partial charge in [0.2, 0.25) is 0 Å². The number of benzene rings is 2. The molecule has 0 unspecified atom stereocenters. The molecule has 5 nitrogen and oxygen atoms in total. The molecule has 0 fully saturated rings. The summed E-state index contributed by atoms with van der Waals surface area (Å²) in [5.74, 6) is 0.827. The summed E-state index contributed by atoms with van der Waals surface area (Å²) in [6.45, 7) is 2.03. The van der Waals surface area contributed by atoms with Crippen LogP contribution in [-0.4, -0.2) is 15.5 Å². The molecule has 0 aliphatic rings. The molecule has 0 radical (unpaired) electrons. The lowest BCUT2D eigenvalue weighted by atomic mass is 10.2. The van der Waals surface area contributed by atoms with Crippen molar-refractivity contribution in [2.75, 3.05) is 11.4 Å². The molecule has 1 heterocycles. The van der Waals surface area contributed by atoms with Gasteiger partial charge in [0.05, 0.1) is 25.6 Å². The van der Waals surface area contributed by atoms with Crippen LogP contribution < -0.4 is 9.04 Å². The maximum atomic E-state index is 13.5. The molecule has 0 aliphatic heterocycles. The molecule has 0 amide bonds. The fourth-order valence-corrected chi connectivity index (χ4v) is 4.67. The predicted molar refractivity (Wildman–Crippen MR) is 104 cm³/mol. The number of methoxy groups -OCH3 is 1. The van der Waals surface area contributed by atoms with E-state index in [1.807, 2.05) is 19.1 Å². The minimum absolute atomic E-state index is 0.0774. The molecule has 7 heteroatoms. The largest absolute Gasteiger partial charge is 0.495 e. The van der Waals surface area contributed by atoms with Gasteiger partial charge in [-0.05, 0) is 49.4 Å². The van der Waals surface area contributed by atoms with Crippen LogP contribution in [0.3, 0.4) is 0 Å². The number of halogens is 1. The molecule has 0 spiro atoms. The van der Waals surface area contributed by atoms with Crippen molar-refractivity contribution < 1.29 is 17.6 Å². The van der Waals surface area contributed by atoms with Gasteiger partial charge in [-0.15, -0.1) is 0 Å². The van der Waals surface area contributed by atoms with E-state index in [9.17, 15) is 8.42 Å². The number of ether oxygens (including phenoxy) is 1. The van der Waals surface area contributed by atoms with Crippen LogP contribution in [0.15, 0.2) is 74.6 Å². The van der Waals surface area contributed by atoms with Crippen molar-refractivity contribution in [1.82, 2.24) is 0 Å². The highest BCUT2D eigenvalue weighted by molar-refractivity contribution is 9.10. The molecule has 136 valence electrons. The normalized spacial score (nSPS) is 11.3. The third-order valence-electron chi connectivity index (χ3n) is 3.90. The number of hydrogen-bond acceptors (Lipinski definition) is 4. The molecule has 0 saturated carbocycles. The summed E-state index contributed by atoms with van der Waals surface area (Å²) in [5.41, 5.74) is 1.60. The predicted octanol–water partition coefficient (Wildman–Crippen LogP) is 4.75. The second kappa shape index (κ2) is 7.55. The van der Waals surface area contributed by atoms with E-state index < -0.39 is 10.0 Å². The monoisotopic (exact) mass is 435 g/mol. The number of aryl methyl sites for hydroxylation is 1. The Morgan fingerprint density at radius 2 is 1.85 bits per heavy atom. The Kier molecular flexibility index (Phi) is 5.38. The first-order valence-corrected chi connectivity index (χ1v) is 10.1. The van der Waals surface area contributed by atoms with E-state index in [2.05, 4.69) is 15.9 Å². The Labute approximate surface area is 161 Å².